The van der Waals surface area contributed by atoms with Crippen LogP contribution in [0.25, 0.3) is 43.1 Å². The second-order valence-corrected chi connectivity index (χ2v) is 12.1. The van der Waals surface area contributed by atoms with Gasteiger partial charge >= 0.3 is 6.03 Å². The molecule has 3 heterocycles. The van der Waals surface area contributed by atoms with Crippen LogP contribution in [-0.2, 0) is 0 Å². The third-order valence-corrected chi connectivity index (χ3v) is 8.97. The van der Waals surface area contributed by atoms with Crippen LogP contribution >= 0.6 is 34.0 Å². The minimum absolute atomic E-state index is 0.354. The predicted molar refractivity (Wildman–Crippen MR) is 164 cm³/mol. The molecule has 0 aliphatic rings. The Morgan fingerprint density at radius 2 is 1.10 bits per heavy atom. The zero-order chi connectivity index (χ0) is 26.8. The average Bonchev–Trinajstić information content (AvgIpc) is 3.66. The standard InChI is InChI=1S/C30H23N5OS3/c1-18-23(32-27(37-18)20-12-6-3-7-13-20)25-26(24-19(2)38-28(33-24)21-14-8-4-9-15-21)39-30(34-25)35-29(36)31-22-16-10-5-11-17-22/h3-17H,1-2H3,(H2,31,34,35,36). The highest BCUT2D eigenvalue weighted by Gasteiger charge is 2.25. The van der Waals surface area contributed by atoms with Crippen LogP contribution in [0.3, 0.4) is 0 Å². The number of aryl methyl sites for hydroxylation is 2. The molecule has 3 aromatic heterocycles. The molecule has 192 valence electrons. The van der Waals surface area contributed by atoms with Crippen molar-refractivity contribution in [2.24, 2.45) is 0 Å². The molecule has 0 atom stereocenters. The van der Waals surface area contributed by atoms with Crippen molar-refractivity contribution < 1.29 is 4.79 Å². The van der Waals surface area contributed by atoms with Crippen LogP contribution in [-0.4, -0.2) is 21.0 Å². The lowest BCUT2D eigenvalue weighted by Gasteiger charge is -2.04. The van der Waals surface area contributed by atoms with E-state index in [1.807, 2.05) is 66.7 Å². The van der Waals surface area contributed by atoms with Crippen LogP contribution in [0.1, 0.15) is 9.75 Å². The maximum Gasteiger partial charge on any atom is 0.325 e. The van der Waals surface area contributed by atoms with Gasteiger partial charge in [-0.05, 0) is 26.0 Å². The number of hydrogen-bond donors (Lipinski definition) is 2. The zero-order valence-electron chi connectivity index (χ0n) is 21.1. The minimum atomic E-state index is -0.354. The number of thiazole rings is 3. The third-order valence-electron chi connectivity index (χ3n) is 5.95. The summed E-state index contributed by atoms with van der Waals surface area (Å²) in [6.07, 6.45) is 0. The Balaban J connectivity index is 1.41. The number of amides is 2. The summed E-state index contributed by atoms with van der Waals surface area (Å²) >= 11 is 4.69. The highest BCUT2D eigenvalue weighted by atomic mass is 32.1. The zero-order valence-corrected chi connectivity index (χ0v) is 23.6. The van der Waals surface area contributed by atoms with Crippen LogP contribution in [0, 0.1) is 13.8 Å². The molecular formula is C30H23N5OS3. The Hall–Kier alpha value is -4.18. The number of aromatic nitrogens is 3. The van der Waals surface area contributed by atoms with Crippen molar-refractivity contribution in [2.75, 3.05) is 10.6 Å². The molecule has 39 heavy (non-hydrogen) atoms. The number of para-hydroxylation sites is 1. The maximum absolute atomic E-state index is 12.8. The van der Waals surface area contributed by atoms with Gasteiger partial charge in [0.2, 0.25) is 0 Å². The predicted octanol–water partition coefficient (Wildman–Crippen LogP) is 8.98. The van der Waals surface area contributed by atoms with Crippen LogP contribution < -0.4 is 10.6 Å². The Bertz CT molecular complexity index is 1640. The van der Waals surface area contributed by atoms with E-state index >= 15 is 0 Å². The van der Waals surface area contributed by atoms with Crippen molar-refractivity contribution in [1.82, 2.24) is 15.0 Å². The number of anilines is 2. The molecule has 9 heteroatoms. The lowest BCUT2D eigenvalue weighted by atomic mass is 10.2. The van der Waals surface area contributed by atoms with Gasteiger partial charge in [0.1, 0.15) is 21.4 Å². The number of hydrogen-bond acceptors (Lipinski definition) is 7. The van der Waals surface area contributed by atoms with Crippen molar-refractivity contribution in [3.8, 4) is 43.1 Å². The van der Waals surface area contributed by atoms with Gasteiger partial charge in [0, 0.05) is 26.6 Å². The van der Waals surface area contributed by atoms with Gasteiger partial charge in [-0.2, -0.15) is 0 Å². The van der Waals surface area contributed by atoms with E-state index in [9.17, 15) is 4.79 Å². The summed E-state index contributed by atoms with van der Waals surface area (Å²) in [5, 5.41) is 8.13. The molecule has 6 aromatic rings. The maximum atomic E-state index is 12.8. The highest BCUT2D eigenvalue weighted by molar-refractivity contribution is 7.20. The molecule has 2 N–H and O–H groups in total. The monoisotopic (exact) mass is 565 g/mol. The first kappa shape index (κ1) is 25.1. The van der Waals surface area contributed by atoms with Gasteiger partial charge in [0.05, 0.1) is 10.6 Å². The van der Waals surface area contributed by atoms with Gasteiger partial charge in [-0.1, -0.05) is 90.2 Å². The summed E-state index contributed by atoms with van der Waals surface area (Å²) in [4.78, 5) is 30.7. The van der Waals surface area contributed by atoms with E-state index in [1.54, 1.807) is 22.7 Å². The first-order chi connectivity index (χ1) is 19.0. The first-order valence-corrected chi connectivity index (χ1v) is 14.7. The number of urea groups is 1. The SMILES string of the molecule is Cc1sc(-c2ccccc2)nc1-c1nc(NC(=O)Nc2ccccc2)sc1-c1nc(-c2ccccc2)sc1C. The smallest absolute Gasteiger partial charge is 0.308 e. The fourth-order valence-electron chi connectivity index (χ4n) is 4.11. The van der Waals surface area contributed by atoms with Crippen molar-refractivity contribution >= 4 is 50.9 Å². The second kappa shape index (κ2) is 10.9. The number of rotatable bonds is 6. The van der Waals surface area contributed by atoms with Crippen LogP contribution in [0.4, 0.5) is 15.6 Å². The minimum Gasteiger partial charge on any atom is -0.308 e. The van der Waals surface area contributed by atoms with Gasteiger partial charge in [0.25, 0.3) is 0 Å². The summed E-state index contributed by atoms with van der Waals surface area (Å²) in [5.41, 5.74) is 5.22. The summed E-state index contributed by atoms with van der Waals surface area (Å²) in [6, 6.07) is 29.3. The molecule has 6 rings (SSSR count). The highest BCUT2D eigenvalue weighted by Crippen LogP contribution is 2.45. The van der Waals surface area contributed by atoms with Crippen LogP contribution in [0.15, 0.2) is 91.0 Å². The normalized spacial score (nSPS) is 10.9. The fourth-order valence-corrected chi connectivity index (χ4v) is 7.03. The van der Waals surface area contributed by atoms with Crippen molar-refractivity contribution in [3.05, 3.63) is 101 Å². The van der Waals surface area contributed by atoms with Gasteiger partial charge in [-0.3, -0.25) is 5.32 Å². The van der Waals surface area contributed by atoms with Gasteiger partial charge in [-0.15, -0.1) is 22.7 Å². The summed E-state index contributed by atoms with van der Waals surface area (Å²) < 4.78 is 0. The van der Waals surface area contributed by atoms with E-state index in [0.717, 1.165) is 52.9 Å². The molecule has 6 nitrogen and oxygen atoms in total. The average molecular weight is 566 g/mol. The first-order valence-electron chi connectivity index (χ1n) is 12.3. The molecule has 0 saturated heterocycles. The van der Waals surface area contributed by atoms with Gasteiger partial charge < -0.3 is 5.32 Å². The quantitative estimate of drug-likeness (QED) is 0.211. The van der Waals surface area contributed by atoms with E-state index < -0.39 is 0 Å². The number of carbonyl (C=O) groups excluding carboxylic acids is 1. The lowest BCUT2D eigenvalue weighted by Crippen LogP contribution is -2.19. The van der Waals surface area contributed by atoms with E-state index in [0.29, 0.717) is 10.8 Å². The van der Waals surface area contributed by atoms with Gasteiger partial charge in [-0.25, -0.2) is 19.7 Å². The van der Waals surface area contributed by atoms with E-state index in [2.05, 4.69) is 48.7 Å². The number of nitrogens with zero attached hydrogens (tertiary/aromatic N) is 3. The molecule has 0 aliphatic heterocycles. The molecule has 2 amide bonds. The van der Waals surface area contributed by atoms with Crippen molar-refractivity contribution in [1.29, 1.82) is 0 Å². The Kier molecular flexibility index (Phi) is 7.02. The third kappa shape index (κ3) is 5.37. The molecule has 0 fully saturated rings. The second-order valence-electron chi connectivity index (χ2n) is 8.72. The molecule has 3 aromatic carbocycles. The Morgan fingerprint density at radius 1 is 0.590 bits per heavy atom. The fraction of sp³-hybridized carbons (Fsp3) is 0.0667. The number of carbonyl (C=O) groups is 1. The molecule has 0 radical (unpaired) electrons. The van der Waals surface area contributed by atoms with Crippen molar-refractivity contribution in [3.63, 3.8) is 0 Å². The van der Waals surface area contributed by atoms with E-state index in [1.165, 1.54) is 11.3 Å². The summed E-state index contributed by atoms with van der Waals surface area (Å²) in [6.45, 7) is 4.13. The lowest BCUT2D eigenvalue weighted by molar-refractivity contribution is 0.262. The largest absolute Gasteiger partial charge is 0.325 e. The van der Waals surface area contributed by atoms with Crippen molar-refractivity contribution in [2.45, 2.75) is 13.8 Å². The van der Waals surface area contributed by atoms with Crippen LogP contribution in [0.2, 0.25) is 0 Å². The molecule has 0 bridgehead atoms. The molecule has 0 saturated carbocycles. The Morgan fingerprint density at radius 3 is 1.69 bits per heavy atom. The molecule has 0 unspecified atom stereocenters. The number of nitrogens with one attached hydrogen (secondary N) is 2. The van der Waals surface area contributed by atoms with Crippen LogP contribution in [0.5, 0.6) is 0 Å². The number of benzene rings is 3. The summed E-state index contributed by atoms with van der Waals surface area (Å²) in [5.74, 6) is 0. The van der Waals surface area contributed by atoms with E-state index in [4.69, 9.17) is 15.0 Å². The summed E-state index contributed by atoms with van der Waals surface area (Å²) in [7, 11) is 0. The molecule has 0 aliphatic carbocycles. The van der Waals surface area contributed by atoms with E-state index in [-0.39, 0.29) is 6.03 Å². The van der Waals surface area contributed by atoms with Gasteiger partial charge in [0.15, 0.2) is 5.13 Å². The molecular weight excluding hydrogens is 543 g/mol. The topological polar surface area (TPSA) is 79.8 Å². The molecule has 0 spiro atoms. The Labute approximate surface area is 238 Å².